The van der Waals surface area contributed by atoms with E-state index in [0.717, 1.165) is 0 Å². The predicted octanol–water partition coefficient (Wildman–Crippen LogP) is 3.43. The lowest BCUT2D eigenvalue weighted by Gasteiger charge is -2.08. The second-order valence-corrected chi connectivity index (χ2v) is 5.86. The van der Waals surface area contributed by atoms with Gasteiger partial charge in [0.05, 0.1) is 18.3 Å². The summed E-state index contributed by atoms with van der Waals surface area (Å²) in [7, 11) is 1.48. The minimum Gasteiger partial charge on any atom is -0.493 e. The lowest BCUT2D eigenvalue weighted by Crippen LogP contribution is -2.24. The van der Waals surface area contributed by atoms with Gasteiger partial charge in [0.1, 0.15) is 11.8 Å². The summed E-state index contributed by atoms with van der Waals surface area (Å²) >= 11 is 11.8. The SMILES string of the molecule is COc1cc(/C=N\NC(=O)COc2ccc(Cl)cc2Cl)ccc1OCC#N. The normalized spacial score (nSPS) is 10.3. The van der Waals surface area contributed by atoms with Crippen molar-refractivity contribution in [2.75, 3.05) is 20.3 Å². The minimum absolute atomic E-state index is 0.0858. The molecule has 140 valence electrons. The fourth-order valence-corrected chi connectivity index (χ4v) is 2.40. The summed E-state index contributed by atoms with van der Waals surface area (Å²) in [4.78, 5) is 11.8. The molecule has 2 rings (SSSR count). The molecule has 0 saturated carbocycles. The molecule has 0 saturated heterocycles. The van der Waals surface area contributed by atoms with E-state index in [1.807, 2.05) is 6.07 Å². The second-order valence-electron chi connectivity index (χ2n) is 5.01. The molecule has 0 unspecified atom stereocenters. The zero-order valence-electron chi connectivity index (χ0n) is 14.2. The number of benzene rings is 2. The molecule has 0 radical (unpaired) electrons. The highest BCUT2D eigenvalue weighted by Crippen LogP contribution is 2.28. The van der Waals surface area contributed by atoms with Crippen LogP contribution < -0.4 is 19.6 Å². The average Bonchev–Trinajstić information content (AvgIpc) is 2.66. The van der Waals surface area contributed by atoms with Crippen LogP contribution in [0.4, 0.5) is 0 Å². The van der Waals surface area contributed by atoms with E-state index in [-0.39, 0.29) is 13.2 Å². The van der Waals surface area contributed by atoms with E-state index >= 15 is 0 Å². The van der Waals surface area contributed by atoms with Crippen molar-refractivity contribution in [3.63, 3.8) is 0 Å². The molecular weight excluding hydrogens is 393 g/mol. The lowest BCUT2D eigenvalue weighted by atomic mass is 10.2. The Morgan fingerprint density at radius 1 is 1.19 bits per heavy atom. The van der Waals surface area contributed by atoms with Crippen molar-refractivity contribution in [3.8, 4) is 23.3 Å². The highest BCUT2D eigenvalue weighted by atomic mass is 35.5. The van der Waals surface area contributed by atoms with Crippen molar-refractivity contribution in [3.05, 3.63) is 52.0 Å². The first-order valence-electron chi connectivity index (χ1n) is 7.61. The number of hydrazone groups is 1. The van der Waals surface area contributed by atoms with Gasteiger partial charge in [-0.05, 0) is 42.0 Å². The summed E-state index contributed by atoms with van der Waals surface area (Å²) in [6.45, 7) is -0.347. The van der Waals surface area contributed by atoms with Crippen LogP contribution in [0, 0.1) is 11.3 Å². The van der Waals surface area contributed by atoms with Gasteiger partial charge in [0, 0.05) is 5.02 Å². The smallest absolute Gasteiger partial charge is 0.277 e. The summed E-state index contributed by atoms with van der Waals surface area (Å²) in [5.74, 6) is 0.769. The molecule has 0 aromatic heterocycles. The third-order valence-corrected chi connectivity index (χ3v) is 3.67. The fourth-order valence-electron chi connectivity index (χ4n) is 1.94. The number of rotatable bonds is 8. The Morgan fingerprint density at radius 2 is 1.96 bits per heavy atom. The van der Waals surface area contributed by atoms with E-state index < -0.39 is 5.91 Å². The molecule has 0 aliphatic carbocycles. The summed E-state index contributed by atoms with van der Waals surface area (Å²) in [5, 5.41) is 13.2. The molecule has 27 heavy (non-hydrogen) atoms. The van der Waals surface area contributed by atoms with Crippen molar-refractivity contribution in [1.82, 2.24) is 5.43 Å². The van der Waals surface area contributed by atoms with E-state index in [0.29, 0.717) is 32.9 Å². The molecule has 9 heteroatoms. The highest BCUT2D eigenvalue weighted by molar-refractivity contribution is 6.35. The Kier molecular flexibility index (Phi) is 7.74. The van der Waals surface area contributed by atoms with E-state index in [1.54, 1.807) is 30.3 Å². The molecule has 1 N–H and O–H groups in total. The number of methoxy groups -OCH3 is 1. The monoisotopic (exact) mass is 407 g/mol. The molecule has 2 aromatic carbocycles. The Morgan fingerprint density at radius 3 is 2.67 bits per heavy atom. The quantitative estimate of drug-likeness (QED) is 0.534. The van der Waals surface area contributed by atoms with E-state index in [9.17, 15) is 4.79 Å². The number of nitrogens with one attached hydrogen (secondary N) is 1. The molecule has 0 spiro atoms. The maximum absolute atomic E-state index is 11.8. The zero-order chi connectivity index (χ0) is 19.6. The van der Waals surface area contributed by atoms with Gasteiger partial charge < -0.3 is 14.2 Å². The molecule has 0 atom stereocenters. The number of nitrogens with zero attached hydrogens (tertiary/aromatic N) is 2. The fraction of sp³-hybridized carbons (Fsp3) is 0.167. The summed E-state index contributed by atoms with van der Waals surface area (Å²) in [5.41, 5.74) is 3.00. The van der Waals surface area contributed by atoms with Crippen LogP contribution in [0.2, 0.25) is 10.0 Å². The molecule has 1 amide bonds. The van der Waals surface area contributed by atoms with E-state index in [1.165, 1.54) is 19.4 Å². The van der Waals surface area contributed by atoms with Crippen molar-refractivity contribution in [2.45, 2.75) is 0 Å². The lowest BCUT2D eigenvalue weighted by molar-refractivity contribution is -0.123. The van der Waals surface area contributed by atoms with Crippen LogP contribution >= 0.6 is 23.2 Å². The number of nitriles is 1. The third kappa shape index (κ3) is 6.37. The van der Waals surface area contributed by atoms with E-state index in [2.05, 4.69) is 10.5 Å². The van der Waals surface area contributed by atoms with E-state index in [4.69, 9.17) is 42.7 Å². The van der Waals surface area contributed by atoms with Crippen LogP contribution in [0.5, 0.6) is 17.2 Å². The second kappa shape index (κ2) is 10.3. The molecule has 0 fully saturated rings. The van der Waals surface area contributed by atoms with Gasteiger partial charge >= 0.3 is 0 Å². The minimum atomic E-state index is -0.460. The van der Waals surface area contributed by atoms with Crippen LogP contribution in [0.25, 0.3) is 0 Å². The van der Waals surface area contributed by atoms with Crippen molar-refractivity contribution >= 4 is 35.3 Å². The van der Waals surface area contributed by atoms with Gasteiger partial charge in [0.15, 0.2) is 24.7 Å². The van der Waals surface area contributed by atoms with Gasteiger partial charge in [0.2, 0.25) is 0 Å². The predicted molar refractivity (Wildman–Crippen MR) is 102 cm³/mol. The van der Waals surface area contributed by atoms with Gasteiger partial charge in [-0.25, -0.2) is 5.43 Å². The van der Waals surface area contributed by atoms with Crippen molar-refractivity contribution in [2.24, 2.45) is 5.10 Å². The van der Waals surface area contributed by atoms with Crippen LogP contribution in [0.3, 0.4) is 0 Å². The summed E-state index contributed by atoms with van der Waals surface area (Å²) < 4.78 is 15.7. The average molecular weight is 408 g/mol. The number of ether oxygens (including phenoxy) is 3. The first kappa shape index (κ1) is 20.4. The van der Waals surface area contributed by atoms with Gasteiger partial charge in [-0.1, -0.05) is 23.2 Å². The molecule has 0 aliphatic heterocycles. The Hall–Kier alpha value is -2.95. The number of amides is 1. The van der Waals surface area contributed by atoms with Gasteiger partial charge in [-0.3, -0.25) is 4.79 Å². The number of halogens is 2. The largest absolute Gasteiger partial charge is 0.493 e. The molecule has 0 aliphatic rings. The van der Waals surface area contributed by atoms with Gasteiger partial charge in [-0.2, -0.15) is 10.4 Å². The van der Waals surface area contributed by atoms with Crippen molar-refractivity contribution < 1.29 is 19.0 Å². The molecular formula is C18H15Cl2N3O4. The topological polar surface area (TPSA) is 92.9 Å². The van der Waals surface area contributed by atoms with Crippen molar-refractivity contribution in [1.29, 1.82) is 5.26 Å². The molecule has 7 nitrogen and oxygen atoms in total. The highest BCUT2D eigenvalue weighted by Gasteiger charge is 2.07. The molecule has 0 heterocycles. The first-order chi connectivity index (χ1) is 13.0. The molecule has 2 aromatic rings. The maximum Gasteiger partial charge on any atom is 0.277 e. The number of hydrogen-bond acceptors (Lipinski definition) is 6. The Balaban J connectivity index is 1.88. The maximum atomic E-state index is 11.8. The van der Waals surface area contributed by atoms with Crippen LogP contribution in [-0.2, 0) is 4.79 Å². The van der Waals surface area contributed by atoms with Gasteiger partial charge in [0.25, 0.3) is 5.91 Å². The summed E-state index contributed by atoms with van der Waals surface area (Å²) in [6.07, 6.45) is 1.43. The number of carbonyl (C=O) groups is 1. The Bertz CT molecular complexity index is 881. The summed E-state index contributed by atoms with van der Waals surface area (Å²) in [6, 6.07) is 11.6. The van der Waals surface area contributed by atoms with Gasteiger partial charge in [-0.15, -0.1) is 0 Å². The molecule has 0 bridgehead atoms. The Labute approximate surface area is 166 Å². The van der Waals surface area contributed by atoms with Crippen LogP contribution in [0.15, 0.2) is 41.5 Å². The number of hydrogen-bond donors (Lipinski definition) is 1. The van der Waals surface area contributed by atoms with Crippen LogP contribution in [0.1, 0.15) is 5.56 Å². The first-order valence-corrected chi connectivity index (χ1v) is 8.36. The third-order valence-electron chi connectivity index (χ3n) is 3.14. The standard InChI is InChI=1S/C18H15Cl2N3O4/c1-25-17-8-12(2-4-16(17)26-7-6-21)10-22-23-18(24)11-27-15-5-3-13(19)9-14(15)20/h2-5,8-10H,7,11H2,1H3,(H,23,24)/b22-10-. The zero-order valence-corrected chi connectivity index (χ0v) is 15.8. The van der Waals surface area contributed by atoms with Crippen LogP contribution in [-0.4, -0.2) is 32.4 Å². The number of carbonyl (C=O) groups excluding carboxylic acids is 1.